The highest BCUT2D eigenvalue weighted by Crippen LogP contribution is 2.21. The Morgan fingerprint density at radius 1 is 1.41 bits per heavy atom. The summed E-state index contributed by atoms with van der Waals surface area (Å²) in [7, 11) is 0. The molecular formula is C16H19N3O2S. The first-order valence-electron chi connectivity index (χ1n) is 7.31. The van der Waals surface area contributed by atoms with Gasteiger partial charge in [-0.25, -0.2) is 4.98 Å². The van der Waals surface area contributed by atoms with E-state index < -0.39 is 0 Å². The minimum Gasteiger partial charge on any atom is -0.396 e. The summed E-state index contributed by atoms with van der Waals surface area (Å²) in [6.45, 7) is 1.53. The summed E-state index contributed by atoms with van der Waals surface area (Å²) in [4.78, 5) is 18.5. The fourth-order valence-corrected chi connectivity index (χ4v) is 3.28. The average Bonchev–Trinajstić information content (AvgIpc) is 3.23. The Hall–Kier alpha value is -1.79. The zero-order valence-electron chi connectivity index (χ0n) is 12.5. The smallest absolute Gasteiger partial charge is 0.253 e. The molecule has 1 aromatic heterocycles. The van der Waals surface area contributed by atoms with Crippen molar-refractivity contribution in [2.24, 2.45) is 5.92 Å². The number of hydrogen-bond donors (Lipinski definition) is 1. The molecule has 0 bridgehead atoms. The van der Waals surface area contributed by atoms with E-state index in [1.54, 1.807) is 18.0 Å². The Bertz CT molecular complexity index is 654. The van der Waals surface area contributed by atoms with Gasteiger partial charge in [-0.15, -0.1) is 0 Å². The quantitative estimate of drug-likeness (QED) is 0.877. The van der Waals surface area contributed by atoms with Gasteiger partial charge in [0.05, 0.1) is 0 Å². The molecule has 0 aliphatic carbocycles. The van der Waals surface area contributed by atoms with Gasteiger partial charge >= 0.3 is 0 Å². The summed E-state index contributed by atoms with van der Waals surface area (Å²) in [6.07, 6.45) is 6.55. The van der Waals surface area contributed by atoms with Crippen LogP contribution in [0.4, 0.5) is 0 Å². The van der Waals surface area contributed by atoms with Crippen LogP contribution in [0.1, 0.15) is 16.8 Å². The van der Waals surface area contributed by atoms with Gasteiger partial charge in [-0.05, 0) is 36.9 Å². The maximum Gasteiger partial charge on any atom is 0.253 e. The number of hydrogen-bond acceptors (Lipinski definition) is 4. The van der Waals surface area contributed by atoms with Crippen molar-refractivity contribution in [3.8, 4) is 5.69 Å². The lowest BCUT2D eigenvalue weighted by molar-refractivity contribution is 0.0782. The van der Waals surface area contributed by atoms with E-state index in [1.807, 2.05) is 46.2 Å². The van der Waals surface area contributed by atoms with E-state index in [0.29, 0.717) is 12.1 Å². The Morgan fingerprint density at radius 3 is 2.82 bits per heavy atom. The van der Waals surface area contributed by atoms with Crippen molar-refractivity contribution in [3.05, 3.63) is 42.2 Å². The number of amides is 1. The van der Waals surface area contributed by atoms with Crippen LogP contribution in [0.25, 0.3) is 5.69 Å². The molecule has 22 heavy (non-hydrogen) atoms. The fourth-order valence-electron chi connectivity index (χ4n) is 2.75. The van der Waals surface area contributed by atoms with Gasteiger partial charge in [0.15, 0.2) is 5.16 Å². The van der Waals surface area contributed by atoms with Crippen LogP contribution in [0.15, 0.2) is 41.8 Å². The Balaban J connectivity index is 1.76. The van der Waals surface area contributed by atoms with Crippen LogP contribution in [0.5, 0.6) is 0 Å². The molecule has 1 saturated heterocycles. The Labute approximate surface area is 134 Å². The highest BCUT2D eigenvalue weighted by molar-refractivity contribution is 7.98. The molecule has 1 unspecified atom stereocenters. The molecule has 1 amide bonds. The standard InChI is InChI=1S/C16H19N3O2S/c1-22-16-17-7-9-19(16)14-4-2-13(3-5-14)15(21)18-8-6-12(10-18)11-20/h2-5,7,9,12,20H,6,8,10-11H2,1H3. The van der Waals surface area contributed by atoms with Crippen LogP contribution in [0, 0.1) is 5.92 Å². The first kappa shape index (κ1) is 15.1. The normalized spacial score (nSPS) is 17.9. The molecule has 1 N–H and O–H groups in total. The predicted molar refractivity (Wildman–Crippen MR) is 86.4 cm³/mol. The van der Waals surface area contributed by atoms with Crippen molar-refractivity contribution in [1.29, 1.82) is 0 Å². The number of aliphatic hydroxyl groups excluding tert-OH is 1. The number of nitrogens with zero attached hydrogens (tertiary/aromatic N) is 3. The molecule has 0 saturated carbocycles. The molecule has 1 aliphatic rings. The van der Waals surface area contributed by atoms with Gasteiger partial charge in [0.2, 0.25) is 0 Å². The summed E-state index contributed by atoms with van der Waals surface area (Å²) in [5.74, 6) is 0.261. The lowest BCUT2D eigenvalue weighted by atomic mass is 10.1. The second-order valence-corrected chi connectivity index (χ2v) is 6.19. The molecule has 0 spiro atoms. The molecule has 0 radical (unpaired) electrons. The van der Waals surface area contributed by atoms with Crippen molar-refractivity contribution < 1.29 is 9.90 Å². The highest BCUT2D eigenvalue weighted by atomic mass is 32.2. The second-order valence-electron chi connectivity index (χ2n) is 5.42. The van der Waals surface area contributed by atoms with Gasteiger partial charge in [0, 0.05) is 49.3 Å². The number of thioether (sulfide) groups is 1. The number of aromatic nitrogens is 2. The SMILES string of the molecule is CSc1nccn1-c1ccc(C(=O)N2CCC(CO)C2)cc1. The first-order valence-corrected chi connectivity index (χ1v) is 8.53. The van der Waals surface area contributed by atoms with E-state index in [4.69, 9.17) is 0 Å². The molecule has 6 heteroatoms. The molecule has 1 aromatic carbocycles. The molecule has 2 heterocycles. The van der Waals surface area contributed by atoms with Crippen molar-refractivity contribution in [2.45, 2.75) is 11.6 Å². The zero-order chi connectivity index (χ0) is 15.5. The monoisotopic (exact) mass is 317 g/mol. The van der Waals surface area contributed by atoms with Crippen LogP contribution in [-0.2, 0) is 0 Å². The minimum absolute atomic E-state index is 0.0400. The Kier molecular flexibility index (Phi) is 4.49. The number of imidazole rings is 1. The summed E-state index contributed by atoms with van der Waals surface area (Å²) in [6, 6.07) is 7.59. The van der Waals surface area contributed by atoms with Gasteiger partial charge in [-0.2, -0.15) is 0 Å². The summed E-state index contributed by atoms with van der Waals surface area (Å²) >= 11 is 1.58. The molecular weight excluding hydrogens is 298 g/mol. The fraction of sp³-hybridized carbons (Fsp3) is 0.375. The number of rotatable bonds is 4. The molecule has 1 fully saturated rings. The van der Waals surface area contributed by atoms with Crippen molar-refractivity contribution >= 4 is 17.7 Å². The van der Waals surface area contributed by atoms with Crippen LogP contribution in [0.2, 0.25) is 0 Å². The van der Waals surface area contributed by atoms with E-state index in [-0.39, 0.29) is 18.4 Å². The second kappa shape index (κ2) is 6.54. The topological polar surface area (TPSA) is 58.4 Å². The highest BCUT2D eigenvalue weighted by Gasteiger charge is 2.26. The molecule has 1 aliphatic heterocycles. The predicted octanol–water partition coefficient (Wildman–Crippen LogP) is 2.05. The number of likely N-dealkylation sites (tertiary alicyclic amines) is 1. The van der Waals surface area contributed by atoms with Crippen molar-refractivity contribution in [1.82, 2.24) is 14.5 Å². The van der Waals surface area contributed by atoms with Gasteiger partial charge in [0.25, 0.3) is 5.91 Å². The number of aliphatic hydroxyl groups is 1. The lowest BCUT2D eigenvalue weighted by Gasteiger charge is -2.16. The zero-order valence-corrected chi connectivity index (χ0v) is 13.3. The molecule has 2 aromatic rings. The molecule has 116 valence electrons. The van der Waals surface area contributed by atoms with Gasteiger partial charge in [-0.3, -0.25) is 9.36 Å². The third-order valence-electron chi connectivity index (χ3n) is 4.01. The maximum absolute atomic E-state index is 12.5. The van der Waals surface area contributed by atoms with Crippen molar-refractivity contribution in [2.75, 3.05) is 26.0 Å². The third-order valence-corrected chi connectivity index (χ3v) is 4.68. The summed E-state index contributed by atoms with van der Waals surface area (Å²) < 4.78 is 2.00. The van der Waals surface area contributed by atoms with Gasteiger partial charge in [0.1, 0.15) is 0 Å². The van der Waals surface area contributed by atoms with Gasteiger partial charge < -0.3 is 10.0 Å². The number of carbonyl (C=O) groups is 1. The van der Waals surface area contributed by atoms with E-state index in [1.165, 1.54) is 0 Å². The molecule has 3 rings (SSSR count). The Morgan fingerprint density at radius 2 is 2.18 bits per heavy atom. The summed E-state index contributed by atoms with van der Waals surface area (Å²) in [5.41, 5.74) is 1.68. The van der Waals surface area contributed by atoms with E-state index >= 15 is 0 Å². The number of carbonyl (C=O) groups excluding carboxylic acids is 1. The minimum atomic E-state index is 0.0400. The summed E-state index contributed by atoms with van der Waals surface area (Å²) in [5, 5.41) is 10.1. The van der Waals surface area contributed by atoms with Crippen LogP contribution >= 0.6 is 11.8 Å². The molecule has 1 atom stereocenters. The van der Waals surface area contributed by atoms with Crippen LogP contribution in [-0.4, -0.2) is 51.4 Å². The molecule has 5 nitrogen and oxygen atoms in total. The largest absolute Gasteiger partial charge is 0.396 e. The van der Waals surface area contributed by atoms with Crippen LogP contribution in [0.3, 0.4) is 0 Å². The van der Waals surface area contributed by atoms with Crippen molar-refractivity contribution in [3.63, 3.8) is 0 Å². The maximum atomic E-state index is 12.5. The first-order chi connectivity index (χ1) is 10.7. The third kappa shape index (κ3) is 2.89. The lowest BCUT2D eigenvalue weighted by Crippen LogP contribution is -2.29. The van der Waals surface area contributed by atoms with E-state index in [9.17, 15) is 9.90 Å². The van der Waals surface area contributed by atoms with Gasteiger partial charge in [-0.1, -0.05) is 11.8 Å². The van der Waals surface area contributed by atoms with E-state index in [0.717, 1.165) is 23.8 Å². The average molecular weight is 317 g/mol. The number of benzene rings is 1. The van der Waals surface area contributed by atoms with Crippen LogP contribution < -0.4 is 0 Å². The van der Waals surface area contributed by atoms with E-state index in [2.05, 4.69) is 4.98 Å².